The van der Waals surface area contributed by atoms with Gasteiger partial charge in [0.1, 0.15) is 5.76 Å². The Morgan fingerprint density at radius 3 is 2.71 bits per heavy atom. The quantitative estimate of drug-likeness (QED) is 0.759. The fourth-order valence-electron chi connectivity index (χ4n) is 0.696. The summed E-state index contributed by atoms with van der Waals surface area (Å²) in [4.78, 5) is 0.114. The van der Waals surface area contributed by atoms with E-state index in [9.17, 15) is 18.3 Å². The van der Waals surface area contributed by atoms with Gasteiger partial charge in [0.25, 0.3) is 0 Å². The standard InChI is InChI=1S/C8H7F3O2S/c9-8(10,11)7(13)4-5(12)6-2-1-3-14-6/h1-4,7,12-13H/i4D. The molecular formula is C8H7F3O2S. The van der Waals surface area contributed by atoms with Crippen molar-refractivity contribution < 1.29 is 24.8 Å². The molecule has 0 aromatic carbocycles. The summed E-state index contributed by atoms with van der Waals surface area (Å²) >= 11 is 0.981. The van der Waals surface area contributed by atoms with Crippen molar-refractivity contribution in [2.24, 2.45) is 0 Å². The van der Waals surface area contributed by atoms with Gasteiger partial charge in [-0.15, -0.1) is 11.3 Å². The zero-order chi connectivity index (χ0) is 11.6. The van der Waals surface area contributed by atoms with Crippen LogP contribution < -0.4 is 0 Å². The average molecular weight is 225 g/mol. The van der Waals surface area contributed by atoms with E-state index in [1.807, 2.05) is 0 Å². The Morgan fingerprint density at radius 2 is 2.29 bits per heavy atom. The molecular weight excluding hydrogens is 217 g/mol. The van der Waals surface area contributed by atoms with Gasteiger partial charge in [0, 0.05) is 0 Å². The number of hydrogen-bond donors (Lipinski definition) is 2. The van der Waals surface area contributed by atoms with Crippen molar-refractivity contribution in [1.82, 2.24) is 0 Å². The van der Waals surface area contributed by atoms with Crippen LogP contribution in [0.15, 0.2) is 23.6 Å². The zero-order valence-corrected chi connectivity index (χ0v) is 7.56. The summed E-state index contributed by atoms with van der Waals surface area (Å²) in [5, 5.41) is 19.5. The van der Waals surface area contributed by atoms with Gasteiger partial charge in [-0.05, 0) is 17.5 Å². The highest BCUT2D eigenvalue weighted by Crippen LogP contribution is 2.24. The molecule has 6 heteroatoms. The predicted octanol–water partition coefficient (Wildman–Crippen LogP) is 2.57. The molecule has 0 aliphatic heterocycles. The third-order valence-electron chi connectivity index (χ3n) is 1.34. The first-order valence-electron chi connectivity index (χ1n) is 4.02. The minimum Gasteiger partial charge on any atom is -0.507 e. The Balaban J connectivity index is 3.01. The van der Waals surface area contributed by atoms with Gasteiger partial charge in [0.2, 0.25) is 0 Å². The van der Waals surface area contributed by atoms with Crippen molar-refractivity contribution in [2.45, 2.75) is 12.3 Å². The van der Waals surface area contributed by atoms with Crippen LogP contribution in [0.5, 0.6) is 0 Å². The molecule has 0 spiro atoms. The molecule has 0 bridgehead atoms. The largest absolute Gasteiger partial charge is 0.507 e. The van der Waals surface area contributed by atoms with Crippen molar-refractivity contribution >= 4 is 17.1 Å². The Labute approximate surface area is 83.3 Å². The maximum absolute atomic E-state index is 12.0. The highest BCUT2D eigenvalue weighted by atomic mass is 32.1. The molecule has 14 heavy (non-hydrogen) atoms. The highest BCUT2D eigenvalue weighted by Gasteiger charge is 2.37. The van der Waals surface area contributed by atoms with Crippen LogP contribution in [0.1, 0.15) is 6.25 Å². The lowest BCUT2D eigenvalue weighted by Crippen LogP contribution is -2.26. The van der Waals surface area contributed by atoms with Crippen LogP contribution in [-0.4, -0.2) is 22.5 Å². The van der Waals surface area contributed by atoms with E-state index in [2.05, 4.69) is 0 Å². The third-order valence-corrected chi connectivity index (χ3v) is 2.21. The average Bonchev–Trinajstić information content (AvgIpc) is 2.65. The monoisotopic (exact) mass is 225 g/mol. The Hall–Kier alpha value is -1.01. The van der Waals surface area contributed by atoms with Gasteiger partial charge >= 0.3 is 6.18 Å². The summed E-state index contributed by atoms with van der Waals surface area (Å²) in [7, 11) is 0. The molecule has 2 nitrogen and oxygen atoms in total. The lowest BCUT2D eigenvalue weighted by molar-refractivity contribution is -0.187. The molecule has 0 aliphatic rings. The number of alkyl halides is 3. The van der Waals surface area contributed by atoms with Gasteiger partial charge < -0.3 is 10.2 Å². The number of rotatable bonds is 2. The van der Waals surface area contributed by atoms with E-state index in [0.717, 1.165) is 11.3 Å². The van der Waals surface area contributed by atoms with Crippen LogP contribution in [0.3, 0.4) is 0 Å². The molecule has 1 aromatic rings. The molecule has 0 fully saturated rings. The number of halogens is 3. The van der Waals surface area contributed by atoms with Crippen molar-refractivity contribution in [3.05, 3.63) is 28.4 Å². The van der Waals surface area contributed by atoms with Crippen LogP contribution in [0.2, 0.25) is 0 Å². The van der Waals surface area contributed by atoms with Crippen molar-refractivity contribution in [1.29, 1.82) is 0 Å². The summed E-state index contributed by atoms with van der Waals surface area (Å²) < 4.78 is 43.0. The van der Waals surface area contributed by atoms with Gasteiger partial charge in [0.15, 0.2) is 6.10 Å². The Kier molecular flexibility index (Phi) is 2.74. The second kappa shape index (κ2) is 4.02. The number of thiophene rings is 1. The second-order valence-corrected chi connectivity index (χ2v) is 3.36. The van der Waals surface area contributed by atoms with Crippen LogP contribution in [0.4, 0.5) is 13.2 Å². The van der Waals surface area contributed by atoms with Gasteiger partial charge in [-0.3, -0.25) is 0 Å². The van der Waals surface area contributed by atoms with E-state index in [4.69, 9.17) is 6.48 Å². The fourth-order valence-corrected chi connectivity index (χ4v) is 1.33. The second-order valence-electron chi connectivity index (χ2n) is 2.41. The molecule has 1 rings (SSSR count). The van der Waals surface area contributed by atoms with Crippen LogP contribution >= 0.6 is 11.3 Å². The smallest absolute Gasteiger partial charge is 0.418 e. The molecule has 1 unspecified atom stereocenters. The molecule has 1 atom stereocenters. The molecule has 0 saturated heterocycles. The minimum atomic E-state index is -4.94. The molecule has 1 aromatic heterocycles. The first-order chi connectivity index (χ1) is 6.84. The molecule has 0 aliphatic carbocycles. The van der Waals surface area contributed by atoms with Gasteiger partial charge in [0.05, 0.1) is 6.25 Å². The van der Waals surface area contributed by atoms with Crippen molar-refractivity contribution in [3.8, 4) is 0 Å². The van der Waals surface area contributed by atoms with Gasteiger partial charge in [-0.1, -0.05) is 6.07 Å². The first kappa shape index (κ1) is 9.54. The summed E-state index contributed by atoms with van der Waals surface area (Å²) in [5.41, 5.74) is 0. The third kappa shape index (κ3) is 2.74. The van der Waals surface area contributed by atoms with Crippen molar-refractivity contribution in [3.63, 3.8) is 0 Å². The Morgan fingerprint density at radius 1 is 1.64 bits per heavy atom. The maximum Gasteiger partial charge on any atom is 0.418 e. The summed E-state index contributed by atoms with van der Waals surface area (Å²) in [5.74, 6) is -0.852. The van der Waals surface area contributed by atoms with E-state index in [0.29, 0.717) is 0 Å². The number of aliphatic hydroxyl groups is 2. The number of hydrogen-bond acceptors (Lipinski definition) is 3. The van der Waals surface area contributed by atoms with Gasteiger partial charge in [-0.25, -0.2) is 0 Å². The van der Waals surface area contributed by atoms with E-state index in [1.54, 1.807) is 5.38 Å². The zero-order valence-electron chi connectivity index (χ0n) is 7.75. The highest BCUT2D eigenvalue weighted by molar-refractivity contribution is 7.11. The maximum atomic E-state index is 12.0. The first-order valence-corrected chi connectivity index (χ1v) is 4.40. The SMILES string of the molecule is [2H]C(=C(O)c1cccs1)C(O)C(F)(F)F. The fraction of sp³-hybridized carbons (Fsp3) is 0.250. The van der Waals surface area contributed by atoms with E-state index < -0.39 is 24.1 Å². The Bertz CT molecular complexity index is 358. The predicted molar refractivity (Wildman–Crippen MR) is 47.0 cm³/mol. The lowest BCUT2D eigenvalue weighted by atomic mass is 10.2. The van der Waals surface area contributed by atoms with Crippen LogP contribution in [-0.2, 0) is 0 Å². The number of aliphatic hydroxyl groups excluding tert-OH is 2. The van der Waals surface area contributed by atoms with Crippen LogP contribution in [0, 0.1) is 0 Å². The van der Waals surface area contributed by atoms with E-state index in [-0.39, 0.29) is 4.88 Å². The molecule has 2 N–H and O–H groups in total. The summed E-state index contributed by atoms with van der Waals surface area (Å²) in [6.07, 6.45) is -7.90. The lowest BCUT2D eigenvalue weighted by Gasteiger charge is -2.10. The molecule has 1 heterocycles. The van der Waals surface area contributed by atoms with E-state index >= 15 is 0 Å². The normalized spacial score (nSPS) is 17.3. The summed E-state index contributed by atoms with van der Waals surface area (Å²) in [6, 6.07) is 1.63. The topological polar surface area (TPSA) is 40.5 Å². The van der Waals surface area contributed by atoms with Crippen molar-refractivity contribution in [2.75, 3.05) is 0 Å². The van der Waals surface area contributed by atoms with Gasteiger partial charge in [-0.2, -0.15) is 13.2 Å². The summed E-state index contributed by atoms with van der Waals surface area (Å²) in [6.45, 7) is 0. The van der Waals surface area contributed by atoms with E-state index in [1.165, 1.54) is 12.1 Å². The molecule has 0 radical (unpaired) electrons. The molecule has 0 amide bonds. The molecule has 0 saturated carbocycles. The van der Waals surface area contributed by atoms with Crippen LogP contribution in [0.25, 0.3) is 5.76 Å². The minimum absolute atomic E-state index is 0.114. The molecule has 78 valence electrons.